The summed E-state index contributed by atoms with van der Waals surface area (Å²) < 4.78 is 33.7. The fourth-order valence-corrected chi connectivity index (χ4v) is 3.02. The summed E-state index contributed by atoms with van der Waals surface area (Å²) in [6.07, 6.45) is 9.15. The Kier molecular flexibility index (Phi) is 6.41. The summed E-state index contributed by atoms with van der Waals surface area (Å²) in [4.78, 5) is 0. The van der Waals surface area contributed by atoms with E-state index < -0.39 is 11.6 Å². The van der Waals surface area contributed by atoms with Crippen molar-refractivity contribution in [2.45, 2.75) is 58.8 Å². The van der Waals surface area contributed by atoms with E-state index in [9.17, 15) is 8.78 Å². The van der Waals surface area contributed by atoms with E-state index in [0.717, 1.165) is 37.7 Å². The topological polar surface area (TPSA) is 9.23 Å². The molecular formula is C19H26F2O. The molecule has 0 aliphatic heterocycles. The van der Waals surface area contributed by atoms with Gasteiger partial charge in [-0.2, -0.15) is 4.39 Å². The summed E-state index contributed by atoms with van der Waals surface area (Å²) in [5.74, 6) is -0.910. The highest BCUT2D eigenvalue weighted by Gasteiger charge is 2.20. The second-order valence-corrected chi connectivity index (χ2v) is 6.10. The lowest BCUT2D eigenvalue weighted by atomic mass is 9.84. The van der Waals surface area contributed by atoms with Crippen molar-refractivity contribution in [1.82, 2.24) is 0 Å². The van der Waals surface area contributed by atoms with E-state index in [0.29, 0.717) is 18.1 Å². The quantitative estimate of drug-likeness (QED) is 0.551. The number of ether oxygens (including phenoxy) is 1. The molecular weight excluding hydrogens is 282 g/mol. The minimum atomic E-state index is -0.856. The molecule has 3 heteroatoms. The Labute approximate surface area is 132 Å². The van der Waals surface area contributed by atoms with Crippen LogP contribution >= 0.6 is 0 Å². The third-order valence-corrected chi connectivity index (χ3v) is 4.36. The number of benzene rings is 1. The number of hydrogen-bond donors (Lipinski definition) is 0. The van der Waals surface area contributed by atoms with Crippen LogP contribution in [0.4, 0.5) is 8.78 Å². The number of unbranched alkanes of at least 4 members (excludes halogenated alkanes) is 1. The smallest absolute Gasteiger partial charge is 0.201 e. The largest absolute Gasteiger partial charge is 0.490 e. The summed E-state index contributed by atoms with van der Waals surface area (Å²) in [6.45, 7) is 4.64. The maximum atomic E-state index is 14.3. The molecule has 0 saturated carbocycles. The van der Waals surface area contributed by atoms with Gasteiger partial charge in [-0.05, 0) is 49.3 Å². The zero-order chi connectivity index (χ0) is 15.9. The summed E-state index contributed by atoms with van der Waals surface area (Å²) in [7, 11) is 0. The van der Waals surface area contributed by atoms with Gasteiger partial charge in [0.25, 0.3) is 0 Å². The standard InChI is InChI=1S/C19H26F2O/c1-3-5-13-22-17-12-11-16(18(20)19(17)21)15-9-7-14(6-4-2)8-10-15/h9,11-12,14H,3-8,10,13H2,1-2H3. The SMILES string of the molecule is CCCCOc1ccc(C2=CCC(CCC)CC2)c(F)c1F. The zero-order valence-corrected chi connectivity index (χ0v) is 13.6. The van der Waals surface area contributed by atoms with Crippen molar-refractivity contribution in [3.63, 3.8) is 0 Å². The van der Waals surface area contributed by atoms with Crippen molar-refractivity contribution < 1.29 is 13.5 Å². The molecule has 1 aliphatic rings. The Hall–Kier alpha value is -1.38. The van der Waals surface area contributed by atoms with Crippen molar-refractivity contribution >= 4 is 5.57 Å². The summed E-state index contributed by atoms with van der Waals surface area (Å²) in [5, 5.41) is 0. The molecule has 1 unspecified atom stereocenters. The van der Waals surface area contributed by atoms with Crippen LogP contribution in [0.1, 0.15) is 64.4 Å². The molecule has 22 heavy (non-hydrogen) atoms. The van der Waals surface area contributed by atoms with Crippen molar-refractivity contribution in [2.75, 3.05) is 6.61 Å². The summed E-state index contributed by atoms with van der Waals surface area (Å²) in [6, 6.07) is 3.22. The maximum Gasteiger partial charge on any atom is 0.201 e. The number of rotatable bonds is 7. The summed E-state index contributed by atoms with van der Waals surface area (Å²) >= 11 is 0. The Balaban J connectivity index is 2.11. The van der Waals surface area contributed by atoms with Gasteiger partial charge in [0.1, 0.15) is 0 Å². The van der Waals surface area contributed by atoms with Crippen LogP contribution in [0.15, 0.2) is 18.2 Å². The van der Waals surface area contributed by atoms with Crippen LogP contribution in [-0.2, 0) is 0 Å². The number of hydrogen-bond acceptors (Lipinski definition) is 1. The monoisotopic (exact) mass is 308 g/mol. The molecule has 0 amide bonds. The molecule has 0 spiro atoms. The van der Waals surface area contributed by atoms with Gasteiger partial charge in [-0.3, -0.25) is 0 Å². The predicted molar refractivity (Wildman–Crippen MR) is 87.0 cm³/mol. The maximum absolute atomic E-state index is 14.3. The van der Waals surface area contributed by atoms with Gasteiger partial charge in [0, 0.05) is 5.56 Å². The first-order valence-electron chi connectivity index (χ1n) is 8.47. The first-order chi connectivity index (χ1) is 10.7. The van der Waals surface area contributed by atoms with Crippen molar-refractivity contribution in [1.29, 1.82) is 0 Å². The third-order valence-electron chi connectivity index (χ3n) is 4.36. The van der Waals surface area contributed by atoms with E-state index in [1.165, 1.54) is 12.8 Å². The molecule has 0 radical (unpaired) electrons. The molecule has 0 bridgehead atoms. The van der Waals surface area contributed by atoms with Gasteiger partial charge in [0.15, 0.2) is 11.6 Å². The molecule has 1 aromatic carbocycles. The lowest BCUT2D eigenvalue weighted by Crippen LogP contribution is -2.07. The van der Waals surface area contributed by atoms with Crippen molar-refractivity contribution in [3.8, 4) is 5.75 Å². The molecule has 1 atom stereocenters. The average Bonchev–Trinajstić information content (AvgIpc) is 2.53. The van der Waals surface area contributed by atoms with Gasteiger partial charge in [0.05, 0.1) is 6.61 Å². The van der Waals surface area contributed by atoms with Crippen molar-refractivity contribution in [2.24, 2.45) is 5.92 Å². The molecule has 0 heterocycles. The van der Waals surface area contributed by atoms with Gasteiger partial charge in [-0.1, -0.05) is 39.2 Å². The van der Waals surface area contributed by atoms with E-state index in [-0.39, 0.29) is 5.75 Å². The first-order valence-corrected chi connectivity index (χ1v) is 8.47. The highest BCUT2D eigenvalue weighted by atomic mass is 19.2. The highest BCUT2D eigenvalue weighted by Crippen LogP contribution is 2.35. The molecule has 1 aliphatic carbocycles. The molecule has 122 valence electrons. The fraction of sp³-hybridized carbons (Fsp3) is 0.579. The molecule has 2 rings (SSSR count). The Morgan fingerprint density at radius 2 is 1.95 bits per heavy atom. The molecule has 1 aromatic rings. The second kappa shape index (κ2) is 8.30. The molecule has 0 N–H and O–H groups in total. The van der Waals surface area contributed by atoms with Gasteiger partial charge < -0.3 is 4.74 Å². The second-order valence-electron chi connectivity index (χ2n) is 6.10. The van der Waals surface area contributed by atoms with Gasteiger partial charge >= 0.3 is 0 Å². The van der Waals surface area contributed by atoms with Crippen LogP contribution in [0, 0.1) is 17.6 Å². The van der Waals surface area contributed by atoms with Crippen LogP contribution in [0.2, 0.25) is 0 Å². The van der Waals surface area contributed by atoms with Crippen LogP contribution in [0.25, 0.3) is 5.57 Å². The van der Waals surface area contributed by atoms with Crippen LogP contribution in [0.5, 0.6) is 5.75 Å². The number of halogens is 2. The Morgan fingerprint density at radius 1 is 1.14 bits per heavy atom. The highest BCUT2D eigenvalue weighted by molar-refractivity contribution is 5.67. The predicted octanol–water partition coefficient (Wildman–Crippen LogP) is 6.13. The molecule has 0 saturated heterocycles. The lowest BCUT2D eigenvalue weighted by Gasteiger charge is -2.22. The van der Waals surface area contributed by atoms with Crippen LogP contribution in [0.3, 0.4) is 0 Å². The zero-order valence-electron chi connectivity index (χ0n) is 13.6. The number of allylic oxidation sites excluding steroid dienone is 2. The van der Waals surface area contributed by atoms with Crippen LogP contribution in [-0.4, -0.2) is 6.61 Å². The average molecular weight is 308 g/mol. The van der Waals surface area contributed by atoms with E-state index in [1.807, 2.05) is 6.92 Å². The molecule has 0 fully saturated rings. The normalized spacial score (nSPS) is 18.2. The van der Waals surface area contributed by atoms with Gasteiger partial charge in [-0.25, -0.2) is 4.39 Å². The van der Waals surface area contributed by atoms with Crippen molar-refractivity contribution in [3.05, 3.63) is 35.4 Å². The van der Waals surface area contributed by atoms with Crippen LogP contribution < -0.4 is 4.74 Å². The van der Waals surface area contributed by atoms with E-state index in [2.05, 4.69) is 13.0 Å². The van der Waals surface area contributed by atoms with E-state index in [4.69, 9.17) is 4.74 Å². The Bertz CT molecular complexity index is 522. The minimum absolute atomic E-state index is 0.0231. The third kappa shape index (κ3) is 4.08. The van der Waals surface area contributed by atoms with E-state index in [1.54, 1.807) is 12.1 Å². The fourth-order valence-electron chi connectivity index (χ4n) is 3.02. The molecule has 0 aromatic heterocycles. The summed E-state index contributed by atoms with van der Waals surface area (Å²) in [5.41, 5.74) is 1.33. The lowest BCUT2D eigenvalue weighted by molar-refractivity contribution is 0.288. The van der Waals surface area contributed by atoms with Gasteiger partial charge in [-0.15, -0.1) is 0 Å². The molecule has 1 nitrogen and oxygen atoms in total. The van der Waals surface area contributed by atoms with Gasteiger partial charge in [0.2, 0.25) is 5.82 Å². The minimum Gasteiger partial charge on any atom is -0.490 e. The first kappa shape index (κ1) is 17.0. The van der Waals surface area contributed by atoms with E-state index >= 15 is 0 Å². The Morgan fingerprint density at radius 3 is 2.59 bits per heavy atom.